The van der Waals surface area contributed by atoms with Crippen molar-refractivity contribution in [3.05, 3.63) is 53.8 Å². The summed E-state index contributed by atoms with van der Waals surface area (Å²) in [5.41, 5.74) is 1.96. The van der Waals surface area contributed by atoms with Gasteiger partial charge in [-0.05, 0) is 29.8 Å². The molecule has 3 heterocycles. The van der Waals surface area contributed by atoms with Gasteiger partial charge >= 0.3 is 0 Å². The Morgan fingerprint density at radius 3 is 2.84 bits per heavy atom. The lowest BCUT2D eigenvalue weighted by Crippen LogP contribution is -1.92. The van der Waals surface area contributed by atoms with Crippen molar-refractivity contribution in [3.8, 4) is 11.1 Å². The highest BCUT2D eigenvalue weighted by Gasteiger charge is 2.12. The molecule has 0 radical (unpaired) electrons. The van der Waals surface area contributed by atoms with Crippen molar-refractivity contribution < 1.29 is 8.78 Å². The summed E-state index contributed by atoms with van der Waals surface area (Å²) in [5.74, 6) is 0. The molecule has 0 atom stereocenters. The van der Waals surface area contributed by atoms with Gasteiger partial charge in [0, 0.05) is 11.8 Å². The van der Waals surface area contributed by atoms with E-state index >= 15 is 0 Å². The predicted molar refractivity (Wildman–Crippen MR) is 68.4 cm³/mol. The maximum Gasteiger partial charge on any atom is 0.280 e. The van der Waals surface area contributed by atoms with Crippen molar-refractivity contribution in [1.82, 2.24) is 14.4 Å². The van der Waals surface area contributed by atoms with E-state index in [4.69, 9.17) is 11.6 Å². The van der Waals surface area contributed by atoms with Crippen molar-refractivity contribution in [2.75, 3.05) is 0 Å². The lowest BCUT2D eigenvalue weighted by atomic mass is 10.1. The molecule has 0 saturated heterocycles. The zero-order valence-corrected chi connectivity index (χ0v) is 10.4. The SMILES string of the molecule is FC(F)c1cc(-c2ccc(Cl)n3cncc23)ccn1. The van der Waals surface area contributed by atoms with E-state index in [1.165, 1.54) is 12.3 Å². The summed E-state index contributed by atoms with van der Waals surface area (Å²) < 4.78 is 27.1. The van der Waals surface area contributed by atoms with Crippen LogP contribution in [0.4, 0.5) is 8.78 Å². The van der Waals surface area contributed by atoms with Crippen LogP contribution in [0.1, 0.15) is 12.1 Å². The van der Waals surface area contributed by atoms with E-state index < -0.39 is 6.43 Å². The lowest BCUT2D eigenvalue weighted by molar-refractivity contribution is 0.146. The van der Waals surface area contributed by atoms with Gasteiger partial charge in [-0.25, -0.2) is 13.8 Å². The number of hydrogen-bond donors (Lipinski definition) is 0. The topological polar surface area (TPSA) is 30.2 Å². The Balaban J connectivity index is 2.22. The fourth-order valence-electron chi connectivity index (χ4n) is 1.96. The number of hydrogen-bond acceptors (Lipinski definition) is 2. The second-order valence-electron chi connectivity index (χ2n) is 3.99. The predicted octanol–water partition coefficient (Wildman–Crippen LogP) is 3.99. The Morgan fingerprint density at radius 1 is 1.21 bits per heavy atom. The van der Waals surface area contributed by atoms with Gasteiger partial charge in [-0.1, -0.05) is 11.6 Å². The van der Waals surface area contributed by atoms with E-state index in [0.717, 1.165) is 11.1 Å². The van der Waals surface area contributed by atoms with Gasteiger partial charge in [-0.15, -0.1) is 0 Å². The first-order valence-electron chi connectivity index (χ1n) is 5.52. The summed E-state index contributed by atoms with van der Waals surface area (Å²) in [6, 6.07) is 6.54. The molecule has 3 rings (SSSR count). The molecule has 0 bridgehead atoms. The standard InChI is InChI=1S/C13H8ClF2N3/c14-12-2-1-9(11-6-17-7-19(11)12)8-3-4-18-10(5-8)13(15)16/h1-7,13H. The second kappa shape index (κ2) is 4.59. The molecule has 6 heteroatoms. The number of rotatable bonds is 2. The first kappa shape index (κ1) is 12.0. The smallest absolute Gasteiger partial charge is 0.280 e. The highest BCUT2D eigenvalue weighted by molar-refractivity contribution is 6.30. The largest absolute Gasteiger partial charge is 0.289 e. The maximum absolute atomic E-state index is 12.7. The summed E-state index contributed by atoms with van der Waals surface area (Å²) in [6.45, 7) is 0. The molecule has 19 heavy (non-hydrogen) atoms. The van der Waals surface area contributed by atoms with E-state index in [0.29, 0.717) is 10.7 Å². The molecular formula is C13H8ClF2N3. The number of pyridine rings is 2. The zero-order chi connectivity index (χ0) is 13.4. The van der Waals surface area contributed by atoms with E-state index in [-0.39, 0.29) is 5.69 Å². The van der Waals surface area contributed by atoms with Crippen molar-refractivity contribution in [2.24, 2.45) is 0 Å². The van der Waals surface area contributed by atoms with Crippen molar-refractivity contribution >= 4 is 17.1 Å². The van der Waals surface area contributed by atoms with E-state index in [1.54, 1.807) is 35.1 Å². The molecule has 0 spiro atoms. The Morgan fingerprint density at radius 2 is 2.05 bits per heavy atom. The summed E-state index contributed by atoms with van der Waals surface area (Å²) in [6.07, 6.45) is 2.01. The first-order valence-corrected chi connectivity index (χ1v) is 5.89. The summed E-state index contributed by atoms with van der Waals surface area (Å²) in [4.78, 5) is 7.67. The number of halogens is 3. The van der Waals surface area contributed by atoms with Crippen molar-refractivity contribution in [3.63, 3.8) is 0 Å². The second-order valence-corrected chi connectivity index (χ2v) is 4.38. The van der Waals surface area contributed by atoms with Gasteiger partial charge in [-0.3, -0.25) is 9.38 Å². The fraction of sp³-hybridized carbons (Fsp3) is 0.0769. The van der Waals surface area contributed by atoms with E-state index in [2.05, 4.69) is 9.97 Å². The van der Waals surface area contributed by atoms with Gasteiger partial charge in [0.05, 0.1) is 11.7 Å². The summed E-state index contributed by atoms with van der Waals surface area (Å²) in [7, 11) is 0. The Labute approximate surface area is 112 Å². The Kier molecular flexibility index (Phi) is 2.91. The third kappa shape index (κ3) is 2.06. The molecule has 0 unspecified atom stereocenters. The minimum Gasteiger partial charge on any atom is -0.289 e. The highest BCUT2D eigenvalue weighted by Crippen LogP contribution is 2.29. The molecule has 3 aromatic rings. The third-order valence-corrected chi connectivity index (χ3v) is 3.16. The average Bonchev–Trinajstić information content (AvgIpc) is 2.89. The van der Waals surface area contributed by atoms with Gasteiger partial charge in [0.25, 0.3) is 6.43 Å². The van der Waals surface area contributed by atoms with Crippen molar-refractivity contribution in [1.29, 1.82) is 0 Å². The van der Waals surface area contributed by atoms with Crippen LogP contribution in [0, 0.1) is 0 Å². The van der Waals surface area contributed by atoms with E-state index in [9.17, 15) is 8.78 Å². The molecule has 0 N–H and O–H groups in total. The number of fused-ring (bicyclic) bond motifs is 1. The van der Waals surface area contributed by atoms with Crippen LogP contribution in [-0.4, -0.2) is 14.4 Å². The van der Waals surface area contributed by atoms with Crippen LogP contribution in [0.2, 0.25) is 5.15 Å². The van der Waals surface area contributed by atoms with Crippen molar-refractivity contribution in [2.45, 2.75) is 6.43 Å². The normalized spacial score (nSPS) is 11.4. The molecule has 0 fully saturated rings. The van der Waals surface area contributed by atoms with Crippen LogP contribution in [0.25, 0.3) is 16.6 Å². The van der Waals surface area contributed by atoms with Crippen LogP contribution < -0.4 is 0 Å². The van der Waals surface area contributed by atoms with Gasteiger partial charge in [-0.2, -0.15) is 0 Å². The molecule has 0 aliphatic carbocycles. The van der Waals surface area contributed by atoms with Gasteiger partial charge in [0.15, 0.2) is 0 Å². The van der Waals surface area contributed by atoms with Gasteiger partial charge < -0.3 is 0 Å². The van der Waals surface area contributed by atoms with Crippen LogP contribution >= 0.6 is 11.6 Å². The fourth-order valence-corrected chi connectivity index (χ4v) is 2.16. The third-order valence-electron chi connectivity index (χ3n) is 2.85. The van der Waals surface area contributed by atoms with Crippen LogP contribution in [-0.2, 0) is 0 Å². The minimum atomic E-state index is -2.59. The monoisotopic (exact) mass is 279 g/mol. The highest BCUT2D eigenvalue weighted by atomic mass is 35.5. The average molecular weight is 280 g/mol. The molecule has 3 aromatic heterocycles. The number of aromatic nitrogens is 3. The molecule has 0 saturated carbocycles. The van der Waals surface area contributed by atoms with Gasteiger partial charge in [0.1, 0.15) is 17.2 Å². The molecular weight excluding hydrogens is 272 g/mol. The lowest BCUT2D eigenvalue weighted by Gasteiger charge is -2.07. The molecule has 0 aliphatic heterocycles. The minimum absolute atomic E-state index is 0.245. The van der Waals surface area contributed by atoms with E-state index in [1.807, 2.05) is 0 Å². The van der Waals surface area contributed by atoms with Gasteiger partial charge in [0.2, 0.25) is 0 Å². The Bertz CT molecular complexity index is 740. The maximum atomic E-state index is 12.7. The molecule has 0 aromatic carbocycles. The Hall–Kier alpha value is -2.01. The van der Waals surface area contributed by atoms with Crippen LogP contribution in [0.15, 0.2) is 43.0 Å². The summed E-state index contributed by atoms with van der Waals surface area (Å²) in [5, 5.41) is 0.513. The molecule has 0 amide bonds. The number of alkyl halides is 2. The molecule has 3 nitrogen and oxygen atoms in total. The molecule has 96 valence electrons. The first-order chi connectivity index (χ1) is 9.16. The summed E-state index contributed by atoms with van der Waals surface area (Å²) >= 11 is 6.03. The van der Waals surface area contributed by atoms with Crippen LogP contribution in [0.5, 0.6) is 0 Å². The quantitative estimate of drug-likeness (QED) is 0.664. The number of imidazole rings is 1. The molecule has 0 aliphatic rings. The number of nitrogens with zero attached hydrogens (tertiary/aromatic N) is 3. The van der Waals surface area contributed by atoms with Crippen LogP contribution in [0.3, 0.4) is 0 Å². The zero-order valence-electron chi connectivity index (χ0n) is 9.59.